The van der Waals surface area contributed by atoms with Crippen LogP contribution in [0, 0.1) is 5.92 Å². The van der Waals surface area contributed by atoms with Gasteiger partial charge in [0.15, 0.2) is 5.78 Å². The van der Waals surface area contributed by atoms with E-state index in [1.807, 2.05) is 0 Å². The van der Waals surface area contributed by atoms with E-state index in [1.54, 1.807) is 11.0 Å². The Morgan fingerprint density at radius 3 is 2.35 bits per heavy atom. The summed E-state index contributed by atoms with van der Waals surface area (Å²) < 4.78 is 37.7. The minimum absolute atomic E-state index is 0.0543. The van der Waals surface area contributed by atoms with Crippen molar-refractivity contribution in [1.82, 2.24) is 0 Å². The summed E-state index contributed by atoms with van der Waals surface area (Å²) in [7, 11) is 0. The molecular weight excluding hydrogens is 271 g/mol. The Kier molecular flexibility index (Phi) is 3.92. The minimum atomic E-state index is -4.13. The van der Waals surface area contributed by atoms with Crippen molar-refractivity contribution in [2.45, 2.75) is 25.9 Å². The molecule has 0 saturated carbocycles. The molecule has 0 aliphatic carbocycles. The lowest BCUT2D eigenvalue weighted by atomic mass is 9.96. The molecule has 1 aliphatic rings. The number of carbonyl (C=O) groups is 1. The average Bonchev–Trinajstić information content (AvgIpc) is 2.37. The maximum absolute atomic E-state index is 12.6. The monoisotopic (exact) mass is 287 g/mol. The lowest BCUT2D eigenvalue weighted by Gasteiger charge is -2.34. The molecule has 0 radical (unpaired) electrons. The van der Waals surface area contributed by atoms with Crippen LogP contribution in [-0.2, 0) is 0 Å². The highest BCUT2D eigenvalue weighted by atomic mass is 19.4. The SMILES string of the molecule is CC(=O)c1ccc(N2CCC(C(F)(F)F)CC2)cc1O. The number of halogens is 3. The number of carbonyl (C=O) groups excluding carboxylic acids is 1. The minimum Gasteiger partial charge on any atom is -0.507 e. The zero-order valence-corrected chi connectivity index (χ0v) is 11.1. The molecule has 110 valence electrons. The summed E-state index contributed by atoms with van der Waals surface area (Å²) in [5.74, 6) is -1.62. The maximum Gasteiger partial charge on any atom is 0.391 e. The number of hydrogen-bond donors (Lipinski definition) is 1. The number of hydrogen-bond acceptors (Lipinski definition) is 3. The van der Waals surface area contributed by atoms with Crippen LogP contribution in [0.25, 0.3) is 0 Å². The standard InChI is InChI=1S/C14H16F3NO2/c1-9(19)12-3-2-11(8-13(12)20)18-6-4-10(5-7-18)14(15,16)17/h2-3,8,10,20H,4-7H2,1H3. The predicted molar refractivity (Wildman–Crippen MR) is 69.1 cm³/mol. The van der Waals surface area contributed by atoms with Crippen molar-refractivity contribution in [3.05, 3.63) is 23.8 Å². The summed E-state index contributed by atoms with van der Waals surface area (Å²) in [6.45, 7) is 1.94. The Morgan fingerprint density at radius 1 is 1.30 bits per heavy atom. The van der Waals surface area contributed by atoms with E-state index in [1.165, 1.54) is 19.1 Å². The average molecular weight is 287 g/mol. The number of nitrogens with zero attached hydrogens (tertiary/aromatic N) is 1. The number of piperidine rings is 1. The lowest BCUT2D eigenvalue weighted by molar-refractivity contribution is -0.179. The van der Waals surface area contributed by atoms with Crippen LogP contribution in [-0.4, -0.2) is 30.2 Å². The summed E-state index contributed by atoms with van der Waals surface area (Å²) in [5.41, 5.74) is 0.868. The van der Waals surface area contributed by atoms with Gasteiger partial charge in [-0.15, -0.1) is 0 Å². The van der Waals surface area contributed by atoms with Gasteiger partial charge in [0.25, 0.3) is 0 Å². The number of phenols is 1. The highest BCUT2D eigenvalue weighted by molar-refractivity contribution is 5.97. The van der Waals surface area contributed by atoms with Gasteiger partial charge in [-0.2, -0.15) is 13.2 Å². The molecule has 1 aromatic rings. The van der Waals surface area contributed by atoms with Crippen molar-refractivity contribution in [3.63, 3.8) is 0 Å². The van der Waals surface area contributed by atoms with E-state index < -0.39 is 12.1 Å². The number of alkyl halides is 3. The second-order valence-corrected chi connectivity index (χ2v) is 5.06. The van der Waals surface area contributed by atoms with Crippen LogP contribution in [0.15, 0.2) is 18.2 Å². The molecule has 0 aromatic heterocycles. The summed E-state index contributed by atoms with van der Waals surface area (Å²) in [4.78, 5) is 13.0. The van der Waals surface area contributed by atoms with Gasteiger partial charge in [-0.1, -0.05) is 0 Å². The van der Waals surface area contributed by atoms with Crippen LogP contribution in [0.4, 0.5) is 18.9 Å². The zero-order chi connectivity index (χ0) is 14.9. The van der Waals surface area contributed by atoms with Gasteiger partial charge in [-0.25, -0.2) is 0 Å². The summed E-state index contributed by atoms with van der Waals surface area (Å²) in [5, 5.41) is 9.75. The summed E-state index contributed by atoms with van der Waals surface area (Å²) in [6, 6.07) is 4.60. The fraction of sp³-hybridized carbons (Fsp3) is 0.500. The number of anilines is 1. The van der Waals surface area contributed by atoms with E-state index in [0.717, 1.165) is 0 Å². The van der Waals surface area contributed by atoms with E-state index in [0.29, 0.717) is 18.8 Å². The van der Waals surface area contributed by atoms with Gasteiger partial charge >= 0.3 is 6.18 Å². The Bertz CT molecular complexity index is 506. The van der Waals surface area contributed by atoms with Crippen LogP contribution in [0.3, 0.4) is 0 Å². The van der Waals surface area contributed by atoms with E-state index in [4.69, 9.17) is 0 Å². The quantitative estimate of drug-likeness (QED) is 0.848. The van der Waals surface area contributed by atoms with Crippen molar-refractivity contribution in [1.29, 1.82) is 0 Å². The largest absolute Gasteiger partial charge is 0.507 e. The zero-order valence-electron chi connectivity index (χ0n) is 11.1. The van der Waals surface area contributed by atoms with Crippen LogP contribution < -0.4 is 4.90 Å². The van der Waals surface area contributed by atoms with Crippen molar-refractivity contribution in [2.75, 3.05) is 18.0 Å². The van der Waals surface area contributed by atoms with Gasteiger partial charge in [0.05, 0.1) is 11.5 Å². The molecule has 0 spiro atoms. The lowest BCUT2D eigenvalue weighted by Crippen LogP contribution is -2.39. The number of phenolic OH excluding ortho intramolecular Hbond substituents is 1. The van der Waals surface area contributed by atoms with Crippen LogP contribution in [0.5, 0.6) is 5.75 Å². The molecule has 1 N–H and O–H groups in total. The van der Waals surface area contributed by atoms with Crippen molar-refractivity contribution in [3.8, 4) is 5.75 Å². The second kappa shape index (κ2) is 5.34. The van der Waals surface area contributed by atoms with Crippen LogP contribution in [0.1, 0.15) is 30.1 Å². The first-order valence-corrected chi connectivity index (χ1v) is 6.44. The Hall–Kier alpha value is -1.72. The molecule has 1 saturated heterocycles. The molecule has 1 aliphatic heterocycles. The number of aromatic hydroxyl groups is 1. The first kappa shape index (κ1) is 14.7. The van der Waals surface area contributed by atoms with E-state index in [2.05, 4.69) is 0 Å². The van der Waals surface area contributed by atoms with Gasteiger partial charge in [0.2, 0.25) is 0 Å². The number of Topliss-reactive ketones (excluding diaryl/α,β-unsaturated/α-hetero) is 1. The molecule has 1 fully saturated rings. The summed E-state index contributed by atoms with van der Waals surface area (Å²) >= 11 is 0. The van der Waals surface area contributed by atoms with E-state index >= 15 is 0 Å². The molecule has 20 heavy (non-hydrogen) atoms. The maximum atomic E-state index is 12.6. The van der Waals surface area contributed by atoms with Gasteiger partial charge in [0.1, 0.15) is 5.75 Å². The predicted octanol–water partition coefficient (Wildman–Crippen LogP) is 3.37. The Labute approximate surface area is 115 Å². The fourth-order valence-electron chi connectivity index (χ4n) is 2.48. The highest BCUT2D eigenvalue weighted by Gasteiger charge is 2.41. The van der Waals surface area contributed by atoms with E-state index in [-0.39, 0.29) is 29.9 Å². The first-order chi connectivity index (χ1) is 9.29. The smallest absolute Gasteiger partial charge is 0.391 e. The topological polar surface area (TPSA) is 40.5 Å². The van der Waals surface area contributed by atoms with Crippen molar-refractivity contribution >= 4 is 11.5 Å². The molecule has 2 rings (SSSR count). The third-order valence-corrected chi connectivity index (χ3v) is 3.68. The number of ketones is 1. The molecule has 0 atom stereocenters. The molecule has 6 heteroatoms. The molecule has 0 unspecified atom stereocenters. The van der Waals surface area contributed by atoms with Gasteiger partial charge in [0, 0.05) is 24.8 Å². The second-order valence-electron chi connectivity index (χ2n) is 5.06. The molecule has 0 bridgehead atoms. The van der Waals surface area contributed by atoms with Crippen molar-refractivity contribution in [2.24, 2.45) is 5.92 Å². The van der Waals surface area contributed by atoms with E-state index in [9.17, 15) is 23.1 Å². The molecule has 1 aromatic carbocycles. The molecule has 0 amide bonds. The van der Waals surface area contributed by atoms with Crippen LogP contribution in [0.2, 0.25) is 0 Å². The highest BCUT2D eigenvalue weighted by Crippen LogP contribution is 2.36. The van der Waals surface area contributed by atoms with Gasteiger partial charge in [-0.05, 0) is 31.9 Å². The molecule has 1 heterocycles. The van der Waals surface area contributed by atoms with Gasteiger partial charge in [-0.3, -0.25) is 4.79 Å². The number of rotatable bonds is 2. The summed E-state index contributed by atoms with van der Waals surface area (Å²) in [6.07, 6.45) is -4.02. The van der Waals surface area contributed by atoms with Crippen molar-refractivity contribution < 1.29 is 23.1 Å². The Balaban J connectivity index is 2.08. The van der Waals surface area contributed by atoms with Gasteiger partial charge < -0.3 is 10.0 Å². The van der Waals surface area contributed by atoms with Crippen LogP contribution >= 0.6 is 0 Å². The number of benzene rings is 1. The first-order valence-electron chi connectivity index (χ1n) is 6.44. The fourth-order valence-corrected chi connectivity index (χ4v) is 2.48. The normalized spacial score (nSPS) is 17.3. The Morgan fingerprint density at radius 2 is 1.90 bits per heavy atom. The molecular formula is C14H16F3NO2. The third-order valence-electron chi connectivity index (χ3n) is 3.68. The third kappa shape index (κ3) is 3.05. The molecule has 3 nitrogen and oxygen atoms in total.